The van der Waals surface area contributed by atoms with Gasteiger partial charge in [0.15, 0.2) is 0 Å². The predicted octanol–water partition coefficient (Wildman–Crippen LogP) is 4.45. The quantitative estimate of drug-likeness (QED) is 0.597. The van der Waals surface area contributed by atoms with Gasteiger partial charge < -0.3 is 10.1 Å². The van der Waals surface area contributed by atoms with Gasteiger partial charge in [0.1, 0.15) is 12.4 Å². The molecule has 0 fully saturated rings. The smallest absolute Gasteiger partial charge is 0.255 e. The molecule has 0 saturated carbocycles. The predicted molar refractivity (Wildman–Crippen MR) is 86.2 cm³/mol. The van der Waals surface area contributed by atoms with Gasteiger partial charge in [-0.05, 0) is 24.1 Å². The lowest BCUT2D eigenvalue weighted by Crippen LogP contribution is -2.24. The largest absolute Gasteiger partial charge is 0.491 e. The summed E-state index contributed by atoms with van der Waals surface area (Å²) in [6.45, 7) is 3.28. The van der Waals surface area contributed by atoms with Crippen molar-refractivity contribution >= 4 is 17.5 Å². The van der Waals surface area contributed by atoms with Crippen molar-refractivity contribution in [1.29, 1.82) is 0 Å². The first-order valence-electron chi connectivity index (χ1n) is 7.91. The van der Waals surface area contributed by atoms with Crippen LogP contribution >= 0.6 is 11.6 Å². The van der Waals surface area contributed by atoms with E-state index in [9.17, 15) is 4.79 Å². The summed E-state index contributed by atoms with van der Waals surface area (Å²) in [5.74, 6) is 0.580. The molecule has 0 bridgehead atoms. The topological polar surface area (TPSA) is 38.3 Å². The van der Waals surface area contributed by atoms with Crippen molar-refractivity contribution in [3.63, 3.8) is 0 Å². The molecule has 0 saturated heterocycles. The molecular weight excluding hydrogens is 286 g/mol. The first-order chi connectivity index (χ1) is 10.2. The second-order valence-electron chi connectivity index (χ2n) is 5.53. The summed E-state index contributed by atoms with van der Waals surface area (Å²) < 4.78 is 5.55. The van der Waals surface area contributed by atoms with Gasteiger partial charge in [-0.1, -0.05) is 45.1 Å². The van der Waals surface area contributed by atoms with Crippen LogP contribution in [0.1, 0.15) is 66.7 Å². The number of ether oxygens (including phenoxy) is 1. The van der Waals surface area contributed by atoms with E-state index in [1.54, 1.807) is 0 Å². The Morgan fingerprint density at radius 1 is 1.29 bits per heavy atom. The van der Waals surface area contributed by atoms with Crippen LogP contribution in [0.15, 0.2) is 18.2 Å². The van der Waals surface area contributed by atoms with E-state index in [4.69, 9.17) is 16.3 Å². The van der Waals surface area contributed by atoms with Crippen LogP contribution in [0.2, 0.25) is 0 Å². The van der Waals surface area contributed by atoms with Crippen LogP contribution in [0.5, 0.6) is 5.75 Å². The molecule has 1 aromatic carbocycles. The van der Waals surface area contributed by atoms with Gasteiger partial charge in [-0.2, -0.15) is 0 Å². The average Bonchev–Trinajstić information content (AvgIpc) is 2.68. The molecule has 0 aliphatic carbocycles. The molecule has 1 atom stereocenters. The number of rotatable bonds is 7. The molecule has 1 unspecified atom stereocenters. The lowest BCUT2D eigenvalue weighted by molar-refractivity contribution is 0.0957. The highest BCUT2D eigenvalue weighted by molar-refractivity contribution is 6.20. The third-order valence-corrected chi connectivity index (χ3v) is 4.29. The lowest BCUT2D eigenvalue weighted by Gasteiger charge is -2.12. The number of carbonyl (C=O) groups excluding carboxylic acids is 1. The maximum atomic E-state index is 12.0. The first kappa shape index (κ1) is 16.2. The third-order valence-electron chi connectivity index (χ3n) is 3.82. The molecule has 1 amide bonds. The third kappa shape index (κ3) is 4.63. The van der Waals surface area contributed by atoms with Crippen LogP contribution < -0.4 is 10.1 Å². The fraction of sp³-hybridized carbons (Fsp3) is 0.588. The number of benzene rings is 1. The van der Waals surface area contributed by atoms with Crippen LogP contribution in [0.25, 0.3) is 0 Å². The number of carbonyl (C=O) groups is 1. The highest BCUT2D eigenvalue weighted by Crippen LogP contribution is 2.31. The zero-order chi connectivity index (χ0) is 15.1. The molecule has 1 N–H and O–H groups in total. The fourth-order valence-electron chi connectivity index (χ4n) is 2.56. The van der Waals surface area contributed by atoms with Crippen LogP contribution in [-0.4, -0.2) is 19.1 Å². The summed E-state index contributed by atoms with van der Waals surface area (Å²) >= 11 is 6.48. The Balaban J connectivity index is 1.95. The molecule has 0 aromatic heterocycles. The number of hydrogen-bond donors (Lipinski definition) is 1. The summed E-state index contributed by atoms with van der Waals surface area (Å²) in [6.07, 6.45) is 7.14. The van der Waals surface area contributed by atoms with Gasteiger partial charge in [-0.25, -0.2) is 0 Å². The van der Waals surface area contributed by atoms with Crippen LogP contribution in [-0.2, 0) is 0 Å². The summed E-state index contributed by atoms with van der Waals surface area (Å²) in [5, 5.41) is 2.79. The average molecular weight is 310 g/mol. The molecule has 1 heterocycles. The second kappa shape index (κ2) is 8.28. The van der Waals surface area contributed by atoms with Gasteiger partial charge in [-0.3, -0.25) is 4.79 Å². The van der Waals surface area contributed by atoms with E-state index in [1.165, 1.54) is 25.7 Å². The standard InChI is InChI=1S/C17H24ClNO2/c1-2-3-4-5-6-7-15(18)13-8-9-16-14(12-13)17(20)19-10-11-21-16/h8-9,12,15H,2-7,10-11H2,1H3,(H,19,20). The fourth-order valence-corrected chi connectivity index (χ4v) is 2.85. The monoisotopic (exact) mass is 309 g/mol. The minimum absolute atomic E-state index is 0.0343. The molecule has 3 nitrogen and oxygen atoms in total. The maximum Gasteiger partial charge on any atom is 0.255 e. The van der Waals surface area contributed by atoms with Gasteiger partial charge in [-0.15, -0.1) is 11.6 Å². The Morgan fingerprint density at radius 2 is 2.10 bits per heavy atom. The molecule has 0 radical (unpaired) electrons. The second-order valence-corrected chi connectivity index (χ2v) is 6.06. The SMILES string of the molecule is CCCCCCCC(Cl)c1ccc2c(c1)C(=O)NCCO2. The van der Waals surface area contributed by atoms with Crippen molar-refractivity contribution in [3.8, 4) is 5.75 Å². The van der Waals surface area contributed by atoms with E-state index >= 15 is 0 Å². The van der Waals surface area contributed by atoms with Crippen molar-refractivity contribution in [2.24, 2.45) is 0 Å². The van der Waals surface area contributed by atoms with Crippen LogP contribution in [0, 0.1) is 0 Å². The summed E-state index contributed by atoms with van der Waals surface area (Å²) in [6, 6.07) is 5.71. The summed E-state index contributed by atoms with van der Waals surface area (Å²) in [7, 11) is 0. The van der Waals surface area contributed by atoms with Gasteiger partial charge in [0.05, 0.1) is 17.5 Å². The summed E-state index contributed by atoms with van der Waals surface area (Å²) in [5.41, 5.74) is 1.60. The number of amides is 1. The molecule has 1 aliphatic heterocycles. The number of alkyl halides is 1. The number of nitrogens with one attached hydrogen (secondary N) is 1. The Hall–Kier alpha value is -1.22. The number of unbranched alkanes of at least 4 members (excludes halogenated alkanes) is 4. The van der Waals surface area contributed by atoms with E-state index < -0.39 is 0 Å². The Morgan fingerprint density at radius 3 is 2.90 bits per heavy atom. The molecular formula is C17H24ClNO2. The molecule has 2 rings (SSSR count). The number of fused-ring (bicyclic) bond motifs is 1. The highest BCUT2D eigenvalue weighted by atomic mass is 35.5. The van der Waals surface area contributed by atoms with Crippen LogP contribution in [0.3, 0.4) is 0 Å². The Kier molecular flexibility index (Phi) is 6.37. The minimum Gasteiger partial charge on any atom is -0.491 e. The van der Waals surface area contributed by atoms with Gasteiger partial charge in [0, 0.05) is 0 Å². The van der Waals surface area contributed by atoms with Crippen molar-refractivity contribution in [1.82, 2.24) is 5.32 Å². The first-order valence-corrected chi connectivity index (χ1v) is 8.35. The number of hydrogen-bond acceptors (Lipinski definition) is 2. The van der Waals surface area contributed by atoms with Crippen molar-refractivity contribution in [2.45, 2.75) is 50.8 Å². The molecule has 1 aliphatic rings. The van der Waals surface area contributed by atoms with Crippen LogP contribution in [0.4, 0.5) is 0 Å². The van der Waals surface area contributed by atoms with E-state index in [0.717, 1.165) is 18.4 Å². The van der Waals surface area contributed by atoms with E-state index in [0.29, 0.717) is 24.5 Å². The lowest BCUT2D eigenvalue weighted by atomic mass is 10.0. The molecule has 4 heteroatoms. The normalized spacial score (nSPS) is 15.6. The van der Waals surface area contributed by atoms with Gasteiger partial charge in [0.25, 0.3) is 5.91 Å². The zero-order valence-electron chi connectivity index (χ0n) is 12.7. The maximum absolute atomic E-state index is 12.0. The van der Waals surface area contributed by atoms with E-state index in [2.05, 4.69) is 12.2 Å². The minimum atomic E-state index is -0.0730. The molecule has 116 valence electrons. The Bertz CT molecular complexity index is 476. The number of halogens is 1. The van der Waals surface area contributed by atoms with Gasteiger partial charge >= 0.3 is 0 Å². The Labute approximate surface area is 132 Å². The van der Waals surface area contributed by atoms with Crippen molar-refractivity contribution in [2.75, 3.05) is 13.2 Å². The van der Waals surface area contributed by atoms with Crippen molar-refractivity contribution < 1.29 is 9.53 Å². The van der Waals surface area contributed by atoms with Gasteiger partial charge in [0.2, 0.25) is 0 Å². The van der Waals surface area contributed by atoms with Crippen molar-refractivity contribution in [3.05, 3.63) is 29.3 Å². The van der Waals surface area contributed by atoms with E-state index in [-0.39, 0.29) is 11.3 Å². The summed E-state index contributed by atoms with van der Waals surface area (Å²) in [4.78, 5) is 12.0. The highest BCUT2D eigenvalue weighted by Gasteiger charge is 2.18. The van der Waals surface area contributed by atoms with E-state index in [1.807, 2.05) is 18.2 Å². The zero-order valence-corrected chi connectivity index (χ0v) is 13.4. The molecule has 1 aromatic rings. The molecule has 21 heavy (non-hydrogen) atoms. The molecule has 0 spiro atoms.